The van der Waals surface area contributed by atoms with Crippen LogP contribution in [0, 0.1) is 0 Å². The van der Waals surface area contributed by atoms with Crippen molar-refractivity contribution in [2.45, 2.75) is 51.5 Å². The fourth-order valence-corrected chi connectivity index (χ4v) is 2.41. The van der Waals surface area contributed by atoms with Gasteiger partial charge in [0.05, 0.1) is 0 Å². The number of hydrogen-bond acceptors (Lipinski definition) is 3. The molecule has 1 aromatic heterocycles. The van der Waals surface area contributed by atoms with Crippen molar-refractivity contribution < 1.29 is 4.79 Å². The second-order valence-corrected chi connectivity index (χ2v) is 5.30. The number of amides is 1. The number of nitrogens with one attached hydrogen (secondary N) is 2. The van der Waals surface area contributed by atoms with Gasteiger partial charge >= 0.3 is 0 Å². The Morgan fingerprint density at radius 1 is 1.42 bits per heavy atom. The van der Waals surface area contributed by atoms with E-state index in [1.54, 1.807) is 6.20 Å². The number of carbonyl (C=O) groups is 1. The van der Waals surface area contributed by atoms with Crippen molar-refractivity contribution in [1.82, 2.24) is 10.3 Å². The highest BCUT2D eigenvalue weighted by Crippen LogP contribution is 2.34. The molecule has 0 aliphatic heterocycles. The van der Waals surface area contributed by atoms with Crippen LogP contribution in [0.5, 0.6) is 0 Å². The van der Waals surface area contributed by atoms with Crippen LogP contribution in [0.4, 0.5) is 5.69 Å². The average molecular weight is 261 g/mol. The summed E-state index contributed by atoms with van der Waals surface area (Å²) < 4.78 is 0. The predicted molar refractivity (Wildman–Crippen MR) is 77.4 cm³/mol. The maximum atomic E-state index is 12.2. The first-order chi connectivity index (χ1) is 9.19. The van der Waals surface area contributed by atoms with Crippen LogP contribution in [0.2, 0.25) is 0 Å². The third-order valence-corrected chi connectivity index (χ3v) is 3.94. The number of pyridine rings is 1. The zero-order chi connectivity index (χ0) is 13.7. The lowest BCUT2D eigenvalue weighted by molar-refractivity contribution is 0.0815. The average Bonchev–Trinajstić information content (AvgIpc) is 2.40. The zero-order valence-electron chi connectivity index (χ0n) is 11.8. The summed E-state index contributed by atoms with van der Waals surface area (Å²) in [6.07, 6.45) is 7.12. The predicted octanol–water partition coefficient (Wildman–Crippen LogP) is 2.97. The van der Waals surface area contributed by atoms with Gasteiger partial charge in [0, 0.05) is 24.0 Å². The Kier molecular flexibility index (Phi) is 4.40. The first-order valence-corrected chi connectivity index (χ1v) is 7.21. The van der Waals surface area contributed by atoms with Gasteiger partial charge < -0.3 is 10.6 Å². The van der Waals surface area contributed by atoms with E-state index >= 15 is 0 Å². The molecule has 0 atom stereocenters. The Bertz CT molecular complexity index is 435. The third-order valence-electron chi connectivity index (χ3n) is 3.94. The van der Waals surface area contributed by atoms with Gasteiger partial charge in [0.15, 0.2) is 0 Å². The second-order valence-electron chi connectivity index (χ2n) is 5.30. The molecular weight excluding hydrogens is 238 g/mol. The van der Waals surface area contributed by atoms with Gasteiger partial charge in [-0.25, -0.2) is 0 Å². The standard InChI is InChI=1S/C15H23N3O/c1-3-9-16-12-6-10-17-13(11-12)14(19)18-15(4-2)7-5-8-15/h6,10-11H,3-5,7-9H2,1-2H3,(H,16,17)(H,18,19). The minimum absolute atomic E-state index is 0.0195. The fourth-order valence-electron chi connectivity index (χ4n) is 2.41. The van der Waals surface area contributed by atoms with Gasteiger partial charge in [0.1, 0.15) is 5.69 Å². The summed E-state index contributed by atoms with van der Waals surface area (Å²) in [6, 6.07) is 3.72. The summed E-state index contributed by atoms with van der Waals surface area (Å²) in [5.41, 5.74) is 1.48. The molecule has 1 saturated carbocycles. The van der Waals surface area contributed by atoms with Crippen LogP contribution in [-0.4, -0.2) is 23.0 Å². The molecule has 0 saturated heterocycles. The van der Waals surface area contributed by atoms with Gasteiger partial charge in [-0.3, -0.25) is 9.78 Å². The molecule has 1 aliphatic carbocycles. The lowest BCUT2D eigenvalue weighted by Crippen LogP contribution is -2.53. The summed E-state index contributed by atoms with van der Waals surface area (Å²) in [7, 11) is 0. The first kappa shape index (κ1) is 13.8. The van der Waals surface area contributed by atoms with E-state index in [0.717, 1.165) is 37.9 Å². The van der Waals surface area contributed by atoms with Crippen molar-refractivity contribution in [3.63, 3.8) is 0 Å². The molecule has 0 radical (unpaired) electrons. The summed E-state index contributed by atoms with van der Waals surface area (Å²) in [4.78, 5) is 16.4. The first-order valence-electron chi connectivity index (χ1n) is 7.21. The number of carbonyl (C=O) groups excluding carboxylic acids is 1. The van der Waals surface area contributed by atoms with E-state index in [1.165, 1.54) is 6.42 Å². The van der Waals surface area contributed by atoms with Gasteiger partial charge in [-0.15, -0.1) is 0 Å². The molecule has 1 heterocycles. The van der Waals surface area contributed by atoms with Crippen molar-refractivity contribution in [2.24, 2.45) is 0 Å². The number of hydrogen-bond donors (Lipinski definition) is 2. The zero-order valence-corrected chi connectivity index (χ0v) is 11.8. The molecule has 4 nitrogen and oxygen atoms in total. The van der Waals surface area contributed by atoms with Gasteiger partial charge in [0.25, 0.3) is 5.91 Å². The molecule has 2 N–H and O–H groups in total. The van der Waals surface area contributed by atoms with Crippen molar-refractivity contribution >= 4 is 11.6 Å². The molecule has 1 fully saturated rings. The maximum Gasteiger partial charge on any atom is 0.270 e. The summed E-state index contributed by atoms with van der Waals surface area (Å²) in [5.74, 6) is -0.0540. The Morgan fingerprint density at radius 2 is 2.21 bits per heavy atom. The third kappa shape index (κ3) is 3.25. The van der Waals surface area contributed by atoms with Crippen LogP contribution < -0.4 is 10.6 Å². The van der Waals surface area contributed by atoms with Crippen LogP contribution >= 0.6 is 0 Å². The SMILES string of the molecule is CCCNc1ccnc(C(=O)NC2(CC)CCC2)c1. The van der Waals surface area contributed by atoms with Crippen LogP contribution in [0.1, 0.15) is 56.4 Å². The van der Waals surface area contributed by atoms with Crippen LogP contribution in [0.25, 0.3) is 0 Å². The highest BCUT2D eigenvalue weighted by atomic mass is 16.2. The van der Waals surface area contributed by atoms with Crippen LogP contribution in [-0.2, 0) is 0 Å². The molecule has 2 rings (SSSR count). The molecule has 0 spiro atoms. The number of aromatic nitrogens is 1. The van der Waals surface area contributed by atoms with Crippen molar-refractivity contribution in [3.05, 3.63) is 24.0 Å². The second kappa shape index (κ2) is 6.04. The van der Waals surface area contributed by atoms with E-state index in [0.29, 0.717) is 5.69 Å². The topological polar surface area (TPSA) is 54.0 Å². The summed E-state index contributed by atoms with van der Waals surface area (Å²) in [5, 5.41) is 6.42. The van der Waals surface area contributed by atoms with Gasteiger partial charge in [-0.1, -0.05) is 13.8 Å². The van der Waals surface area contributed by atoms with Crippen molar-refractivity contribution in [1.29, 1.82) is 0 Å². The normalized spacial score (nSPS) is 16.5. The quantitative estimate of drug-likeness (QED) is 0.827. The Balaban J connectivity index is 2.02. The van der Waals surface area contributed by atoms with E-state index < -0.39 is 0 Å². The number of rotatable bonds is 6. The molecule has 19 heavy (non-hydrogen) atoms. The van der Waals surface area contributed by atoms with E-state index in [-0.39, 0.29) is 11.4 Å². The summed E-state index contributed by atoms with van der Waals surface area (Å²) in [6.45, 7) is 5.15. The molecule has 1 aliphatic rings. The molecule has 4 heteroatoms. The molecule has 0 unspecified atom stereocenters. The van der Waals surface area contributed by atoms with E-state index in [1.807, 2.05) is 12.1 Å². The lowest BCUT2D eigenvalue weighted by atomic mass is 9.75. The van der Waals surface area contributed by atoms with Crippen molar-refractivity contribution in [3.8, 4) is 0 Å². The largest absolute Gasteiger partial charge is 0.385 e. The molecule has 1 aromatic rings. The number of nitrogens with zero attached hydrogens (tertiary/aromatic N) is 1. The molecule has 1 amide bonds. The molecule has 0 aromatic carbocycles. The summed E-state index contributed by atoms with van der Waals surface area (Å²) >= 11 is 0. The van der Waals surface area contributed by atoms with Crippen LogP contribution in [0.3, 0.4) is 0 Å². The van der Waals surface area contributed by atoms with Gasteiger partial charge in [-0.05, 0) is 44.2 Å². The smallest absolute Gasteiger partial charge is 0.270 e. The molecule has 0 bridgehead atoms. The minimum Gasteiger partial charge on any atom is -0.385 e. The number of anilines is 1. The fraction of sp³-hybridized carbons (Fsp3) is 0.600. The van der Waals surface area contributed by atoms with Crippen LogP contribution in [0.15, 0.2) is 18.3 Å². The lowest BCUT2D eigenvalue weighted by Gasteiger charge is -2.41. The highest BCUT2D eigenvalue weighted by molar-refractivity contribution is 5.93. The Morgan fingerprint density at radius 3 is 2.79 bits per heavy atom. The molecular formula is C15H23N3O. The monoisotopic (exact) mass is 261 g/mol. The van der Waals surface area contributed by atoms with Crippen molar-refractivity contribution in [2.75, 3.05) is 11.9 Å². The van der Waals surface area contributed by atoms with E-state index in [2.05, 4.69) is 29.5 Å². The molecule has 104 valence electrons. The van der Waals surface area contributed by atoms with Gasteiger partial charge in [0.2, 0.25) is 0 Å². The van der Waals surface area contributed by atoms with E-state index in [9.17, 15) is 4.79 Å². The van der Waals surface area contributed by atoms with E-state index in [4.69, 9.17) is 0 Å². The minimum atomic E-state index is -0.0540. The van der Waals surface area contributed by atoms with Gasteiger partial charge in [-0.2, -0.15) is 0 Å². The Hall–Kier alpha value is -1.58. The highest BCUT2D eigenvalue weighted by Gasteiger charge is 2.36. The maximum absolute atomic E-state index is 12.2. The Labute approximate surface area is 115 Å².